The van der Waals surface area contributed by atoms with E-state index in [2.05, 4.69) is 20.8 Å². The molecule has 0 spiro atoms. The van der Waals surface area contributed by atoms with E-state index < -0.39 is 12.7 Å². The zero-order valence-corrected chi connectivity index (χ0v) is 12.7. The lowest BCUT2D eigenvalue weighted by Crippen LogP contribution is -2.33. The van der Waals surface area contributed by atoms with E-state index in [9.17, 15) is 13.2 Å². The second-order valence-electron chi connectivity index (χ2n) is 6.66. The Bertz CT molecular complexity index is 479. The maximum absolute atomic E-state index is 12.4. The lowest BCUT2D eigenvalue weighted by atomic mass is 9.87. The van der Waals surface area contributed by atoms with Crippen LogP contribution in [0.5, 0.6) is 5.75 Å². The number of likely N-dealkylation sites (tertiary alicyclic amines) is 1. The van der Waals surface area contributed by atoms with Gasteiger partial charge in [-0.1, -0.05) is 32.9 Å². The molecule has 0 saturated carbocycles. The van der Waals surface area contributed by atoms with Gasteiger partial charge in [0.25, 0.3) is 0 Å². The highest BCUT2D eigenvalue weighted by Crippen LogP contribution is 2.27. The Labute approximate surface area is 123 Å². The molecule has 2 rings (SSSR count). The van der Waals surface area contributed by atoms with E-state index in [1.165, 1.54) is 4.90 Å². The molecule has 2 nitrogen and oxygen atoms in total. The highest BCUT2D eigenvalue weighted by Gasteiger charge is 2.35. The van der Waals surface area contributed by atoms with Crippen molar-refractivity contribution in [1.82, 2.24) is 4.90 Å². The predicted molar refractivity (Wildman–Crippen MR) is 76.7 cm³/mol. The number of alkyl halides is 3. The molecular weight excluding hydrogens is 279 g/mol. The Balaban J connectivity index is 1.95. The van der Waals surface area contributed by atoms with Crippen LogP contribution in [0.15, 0.2) is 24.3 Å². The van der Waals surface area contributed by atoms with Gasteiger partial charge < -0.3 is 4.74 Å². The maximum atomic E-state index is 12.4. The monoisotopic (exact) mass is 301 g/mol. The molecule has 0 N–H and O–H groups in total. The van der Waals surface area contributed by atoms with Gasteiger partial charge in [-0.3, -0.25) is 4.90 Å². The van der Waals surface area contributed by atoms with Crippen LogP contribution >= 0.6 is 0 Å². The second-order valence-corrected chi connectivity index (χ2v) is 6.66. The molecule has 1 atom stereocenters. The number of hydrogen-bond acceptors (Lipinski definition) is 2. The third kappa shape index (κ3) is 4.92. The fourth-order valence-electron chi connectivity index (χ4n) is 2.52. The molecule has 1 aliphatic rings. The van der Waals surface area contributed by atoms with Crippen LogP contribution in [0, 0.1) is 0 Å². The van der Waals surface area contributed by atoms with E-state index in [0.29, 0.717) is 19.5 Å². The van der Waals surface area contributed by atoms with E-state index in [4.69, 9.17) is 4.74 Å². The van der Waals surface area contributed by atoms with Crippen molar-refractivity contribution in [3.05, 3.63) is 29.8 Å². The van der Waals surface area contributed by atoms with Crippen molar-refractivity contribution in [3.63, 3.8) is 0 Å². The zero-order valence-electron chi connectivity index (χ0n) is 12.7. The fourth-order valence-corrected chi connectivity index (χ4v) is 2.52. The molecule has 21 heavy (non-hydrogen) atoms. The summed E-state index contributed by atoms with van der Waals surface area (Å²) in [6.07, 6.45) is -3.67. The molecule has 1 aliphatic heterocycles. The first-order valence-electron chi connectivity index (χ1n) is 7.20. The summed E-state index contributed by atoms with van der Waals surface area (Å²) in [6, 6.07) is 7.81. The number of rotatable bonds is 3. The largest absolute Gasteiger partial charge is 0.489 e. The normalized spacial score (nSPS) is 20.8. The summed E-state index contributed by atoms with van der Waals surface area (Å²) in [4.78, 5) is 1.40. The van der Waals surface area contributed by atoms with Gasteiger partial charge in [0.05, 0.1) is 6.54 Å². The molecule has 1 fully saturated rings. The molecule has 118 valence electrons. The fraction of sp³-hybridized carbons (Fsp3) is 0.625. The summed E-state index contributed by atoms with van der Waals surface area (Å²) >= 11 is 0. The van der Waals surface area contributed by atoms with Crippen LogP contribution in [0.4, 0.5) is 13.2 Å². The minimum Gasteiger partial charge on any atom is -0.489 e. The van der Waals surface area contributed by atoms with E-state index in [1.807, 2.05) is 24.3 Å². The summed E-state index contributed by atoms with van der Waals surface area (Å²) in [5, 5.41) is 0. The van der Waals surface area contributed by atoms with Gasteiger partial charge in [-0.25, -0.2) is 0 Å². The van der Waals surface area contributed by atoms with Crippen LogP contribution in [0.2, 0.25) is 0 Å². The molecule has 0 aliphatic carbocycles. The molecule has 5 heteroatoms. The first-order valence-corrected chi connectivity index (χ1v) is 7.20. The Morgan fingerprint density at radius 2 is 1.95 bits per heavy atom. The van der Waals surface area contributed by atoms with Gasteiger partial charge in [-0.2, -0.15) is 13.2 Å². The Kier molecular flexibility index (Phi) is 4.51. The molecule has 1 heterocycles. The van der Waals surface area contributed by atoms with Gasteiger partial charge >= 0.3 is 6.18 Å². The van der Waals surface area contributed by atoms with Crippen molar-refractivity contribution in [2.75, 3.05) is 19.6 Å². The molecule has 0 amide bonds. The van der Waals surface area contributed by atoms with Gasteiger partial charge in [-0.05, 0) is 29.5 Å². The average Bonchev–Trinajstić information content (AvgIpc) is 2.73. The third-order valence-electron chi connectivity index (χ3n) is 3.63. The van der Waals surface area contributed by atoms with Crippen molar-refractivity contribution in [2.45, 2.75) is 44.9 Å². The Morgan fingerprint density at radius 3 is 2.57 bits per heavy atom. The Hall–Kier alpha value is -1.23. The van der Waals surface area contributed by atoms with Crippen molar-refractivity contribution < 1.29 is 17.9 Å². The molecule has 1 aromatic carbocycles. The van der Waals surface area contributed by atoms with Crippen molar-refractivity contribution in [3.8, 4) is 5.75 Å². The number of ether oxygens (including phenoxy) is 1. The molecule has 1 unspecified atom stereocenters. The highest BCUT2D eigenvalue weighted by molar-refractivity contribution is 5.32. The molecular formula is C16H22F3NO. The van der Waals surface area contributed by atoms with Crippen molar-refractivity contribution >= 4 is 0 Å². The van der Waals surface area contributed by atoms with Crippen LogP contribution < -0.4 is 4.74 Å². The van der Waals surface area contributed by atoms with E-state index in [0.717, 1.165) is 11.3 Å². The molecule has 1 saturated heterocycles. The Morgan fingerprint density at radius 1 is 1.24 bits per heavy atom. The molecule has 0 bridgehead atoms. The van der Waals surface area contributed by atoms with Crippen molar-refractivity contribution in [2.24, 2.45) is 0 Å². The zero-order chi connectivity index (χ0) is 15.7. The predicted octanol–water partition coefficient (Wildman–Crippen LogP) is 4.00. The summed E-state index contributed by atoms with van der Waals surface area (Å²) in [5.41, 5.74) is 1.18. The number of benzene rings is 1. The van der Waals surface area contributed by atoms with Gasteiger partial charge in [0.1, 0.15) is 11.9 Å². The first-order chi connectivity index (χ1) is 9.63. The van der Waals surface area contributed by atoms with Crippen LogP contribution in [0.25, 0.3) is 0 Å². The smallest absolute Gasteiger partial charge is 0.401 e. The number of hydrogen-bond donors (Lipinski definition) is 0. The van der Waals surface area contributed by atoms with Gasteiger partial charge in [0.2, 0.25) is 0 Å². The maximum Gasteiger partial charge on any atom is 0.401 e. The second kappa shape index (κ2) is 5.87. The van der Waals surface area contributed by atoms with E-state index >= 15 is 0 Å². The first kappa shape index (κ1) is 16.1. The number of halogens is 3. The van der Waals surface area contributed by atoms with Gasteiger partial charge in [-0.15, -0.1) is 0 Å². The van der Waals surface area contributed by atoms with Gasteiger partial charge in [0.15, 0.2) is 0 Å². The molecule has 0 aromatic heterocycles. The van der Waals surface area contributed by atoms with Crippen LogP contribution in [-0.2, 0) is 5.41 Å². The summed E-state index contributed by atoms with van der Waals surface area (Å²) in [5.74, 6) is 0.737. The minimum absolute atomic E-state index is 0.0252. The molecule has 1 aromatic rings. The standard InChI is InChI=1S/C16H22F3NO/c1-15(2,3)12-5-4-6-13(9-12)21-14-7-8-20(10-14)11-16(17,18)19/h4-6,9,14H,7-8,10-11H2,1-3H3. The quantitative estimate of drug-likeness (QED) is 0.836. The summed E-state index contributed by atoms with van der Waals surface area (Å²) in [7, 11) is 0. The lowest BCUT2D eigenvalue weighted by Gasteiger charge is -2.21. The third-order valence-corrected chi connectivity index (χ3v) is 3.63. The highest BCUT2D eigenvalue weighted by atomic mass is 19.4. The van der Waals surface area contributed by atoms with Gasteiger partial charge in [0, 0.05) is 13.1 Å². The summed E-state index contributed by atoms with van der Waals surface area (Å²) in [6.45, 7) is 6.27. The topological polar surface area (TPSA) is 12.5 Å². The van der Waals surface area contributed by atoms with Crippen LogP contribution in [-0.4, -0.2) is 36.8 Å². The number of nitrogens with zero attached hydrogens (tertiary/aromatic N) is 1. The van der Waals surface area contributed by atoms with Crippen LogP contribution in [0.3, 0.4) is 0 Å². The minimum atomic E-state index is -4.14. The average molecular weight is 301 g/mol. The van der Waals surface area contributed by atoms with E-state index in [1.54, 1.807) is 0 Å². The SMILES string of the molecule is CC(C)(C)c1cccc(OC2CCN(CC(F)(F)F)C2)c1. The molecule has 0 radical (unpaired) electrons. The van der Waals surface area contributed by atoms with Crippen molar-refractivity contribution in [1.29, 1.82) is 0 Å². The lowest BCUT2D eigenvalue weighted by molar-refractivity contribution is -0.144. The van der Waals surface area contributed by atoms with E-state index in [-0.39, 0.29) is 11.5 Å². The summed E-state index contributed by atoms with van der Waals surface area (Å²) < 4.78 is 42.9. The van der Waals surface area contributed by atoms with Crippen LogP contribution in [0.1, 0.15) is 32.8 Å².